The van der Waals surface area contributed by atoms with E-state index in [-0.39, 0.29) is 24.5 Å². The topological polar surface area (TPSA) is 79.0 Å². The van der Waals surface area contributed by atoms with Gasteiger partial charge in [0.1, 0.15) is 11.5 Å². The maximum absolute atomic E-state index is 12.1. The van der Waals surface area contributed by atoms with E-state index >= 15 is 0 Å². The number of hydrogen-bond donors (Lipinski definition) is 1. The largest absolute Gasteiger partial charge is 0.484 e. The number of aryl methyl sites for hydroxylation is 1. The Bertz CT molecular complexity index is 814. The molecule has 1 amide bonds. The molecule has 0 saturated carbocycles. The van der Waals surface area contributed by atoms with Crippen molar-refractivity contribution in [3.63, 3.8) is 0 Å². The van der Waals surface area contributed by atoms with Crippen LogP contribution in [0.1, 0.15) is 29.9 Å². The zero-order chi connectivity index (χ0) is 20.2. The Morgan fingerprint density at radius 3 is 2.69 bits per heavy atom. The van der Waals surface area contributed by atoms with Crippen molar-refractivity contribution in [2.24, 2.45) is 5.92 Å². The fourth-order valence-electron chi connectivity index (χ4n) is 4.19. The number of ether oxygens (including phenoxy) is 1. The molecule has 4 rings (SSSR count). The smallest absolute Gasteiger partial charge is 0.260 e. The number of likely N-dealkylation sites (tertiary alicyclic amines) is 2. The van der Waals surface area contributed by atoms with Crippen molar-refractivity contribution in [2.45, 2.75) is 38.8 Å². The summed E-state index contributed by atoms with van der Waals surface area (Å²) in [4.78, 5) is 16.2. The molecule has 7 nitrogen and oxygen atoms in total. The number of benzene rings is 1. The summed E-state index contributed by atoms with van der Waals surface area (Å²) in [6, 6.07) is 9.80. The van der Waals surface area contributed by atoms with Crippen LogP contribution in [-0.2, 0) is 17.8 Å². The first-order valence-corrected chi connectivity index (χ1v) is 10.4. The molecular weight excluding hydrogens is 370 g/mol. The minimum atomic E-state index is -0.361. The van der Waals surface area contributed by atoms with Crippen LogP contribution >= 0.6 is 0 Å². The SMILES string of the molecule is Cc1cc(C[C@@H]2CN(Cc3ccc(OCC(=O)N4CCCC4)cc3)C[C@@H]2O)on1. The van der Waals surface area contributed by atoms with Gasteiger partial charge in [0.15, 0.2) is 6.61 Å². The first-order chi connectivity index (χ1) is 14.1. The van der Waals surface area contributed by atoms with Crippen molar-refractivity contribution >= 4 is 5.91 Å². The molecule has 2 atom stereocenters. The second kappa shape index (κ2) is 8.97. The van der Waals surface area contributed by atoms with Gasteiger partial charge in [-0.2, -0.15) is 0 Å². The third-order valence-corrected chi connectivity index (χ3v) is 5.77. The molecule has 0 radical (unpaired) electrons. The molecular formula is C22H29N3O4. The molecule has 2 saturated heterocycles. The van der Waals surface area contributed by atoms with Crippen LogP contribution < -0.4 is 4.74 Å². The Morgan fingerprint density at radius 1 is 1.24 bits per heavy atom. The van der Waals surface area contributed by atoms with E-state index in [0.29, 0.717) is 18.7 Å². The number of amides is 1. The minimum absolute atomic E-state index is 0.0608. The molecule has 1 N–H and O–H groups in total. The standard InChI is InChI=1S/C22H29N3O4/c1-16-10-20(29-23-16)11-18-13-24(14-21(18)26)12-17-4-6-19(7-5-17)28-15-22(27)25-8-2-3-9-25/h4-7,10,18,21,26H,2-3,8-9,11-15H2,1H3/t18-,21+/m1/s1. The van der Waals surface area contributed by atoms with Crippen molar-refractivity contribution < 1.29 is 19.2 Å². The highest BCUT2D eigenvalue weighted by atomic mass is 16.5. The van der Waals surface area contributed by atoms with Crippen LogP contribution in [0.15, 0.2) is 34.9 Å². The molecule has 3 heterocycles. The summed E-state index contributed by atoms with van der Waals surface area (Å²) >= 11 is 0. The Labute approximate surface area is 171 Å². The van der Waals surface area contributed by atoms with Crippen LogP contribution in [0.25, 0.3) is 0 Å². The second-order valence-corrected chi connectivity index (χ2v) is 8.18. The van der Waals surface area contributed by atoms with Gasteiger partial charge in [0.25, 0.3) is 5.91 Å². The fraction of sp³-hybridized carbons (Fsp3) is 0.545. The van der Waals surface area contributed by atoms with Crippen LogP contribution in [-0.4, -0.2) is 64.9 Å². The zero-order valence-electron chi connectivity index (χ0n) is 16.9. The average Bonchev–Trinajstić information content (AvgIpc) is 3.44. The number of aromatic nitrogens is 1. The predicted molar refractivity (Wildman–Crippen MR) is 107 cm³/mol. The molecule has 0 bridgehead atoms. The van der Waals surface area contributed by atoms with E-state index in [1.54, 1.807) is 0 Å². The number of aliphatic hydroxyl groups excluding tert-OH is 1. The fourth-order valence-corrected chi connectivity index (χ4v) is 4.19. The van der Waals surface area contributed by atoms with Gasteiger partial charge < -0.3 is 19.3 Å². The molecule has 29 heavy (non-hydrogen) atoms. The number of aliphatic hydroxyl groups is 1. The maximum Gasteiger partial charge on any atom is 0.260 e. The lowest BCUT2D eigenvalue weighted by atomic mass is 10.0. The van der Waals surface area contributed by atoms with Gasteiger partial charge in [-0.1, -0.05) is 17.3 Å². The first-order valence-electron chi connectivity index (χ1n) is 10.4. The third-order valence-electron chi connectivity index (χ3n) is 5.77. The number of rotatable bonds is 7. The zero-order valence-corrected chi connectivity index (χ0v) is 16.9. The Hall–Kier alpha value is -2.38. The molecule has 7 heteroatoms. The van der Waals surface area contributed by atoms with E-state index in [2.05, 4.69) is 10.1 Å². The van der Waals surface area contributed by atoms with Gasteiger partial charge in [-0.3, -0.25) is 9.69 Å². The Balaban J connectivity index is 1.24. The molecule has 156 valence electrons. The third kappa shape index (κ3) is 5.16. The van der Waals surface area contributed by atoms with E-state index in [9.17, 15) is 9.90 Å². The summed E-state index contributed by atoms with van der Waals surface area (Å²) in [6.07, 6.45) is 2.52. The van der Waals surface area contributed by atoms with Crippen molar-refractivity contribution in [2.75, 3.05) is 32.8 Å². The molecule has 0 aliphatic carbocycles. The van der Waals surface area contributed by atoms with Crippen molar-refractivity contribution in [1.82, 2.24) is 15.0 Å². The minimum Gasteiger partial charge on any atom is -0.484 e. The van der Waals surface area contributed by atoms with Crippen molar-refractivity contribution in [3.8, 4) is 5.75 Å². The van der Waals surface area contributed by atoms with E-state index in [4.69, 9.17) is 9.26 Å². The van der Waals surface area contributed by atoms with Gasteiger partial charge >= 0.3 is 0 Å². The summed E-state index contributed by atoms with van der Waals surface area (Å²) in [6.45, 7) is 5.94. The van der Waals surface area contributed by atoms with E-state index in [1.807, 2.05) is 42.2 Å². The maximum atomic E-state index is 12.1. The highest BCUT2D eigenvalue weighted by molar-refractivity contribution is 5.78. The van der Waals surface area contributed by atoms with Gasteiger partial charge in [0.2, 0.25) is 0 Å². The lowest BCUT2D eigenvalue weighted by molar-refractivity contribution is -0.132. The number of hydrogen-bond acceptors (Lipinski definition) is 6. The van der Waals surface area contributed by atoms with E-state index in [1.165, 1.54) is 0 Å². The quantitative estimate of drug-likeness (QED) is 0.767. The molecule has 2 fully saturated rings. The van der Waals surface area contributed by atoms with Crippen LogP contribution in [0.2, 0.25) is 0 Å². The predicted octanol–water partition coefficient (Wildman–Crippen LogP) is 2.02. The molecule has 2 aromatic rings. The molecule has 1 aromatic heterocycles. The second-order valence-electron chi connectivity index (χ2n) is 8.18. The molecule has 0 spiro atoms. The molecule has 0 unspecified atom stereocenters. The molecule has 2 aliphatic rings. The lowest BCUT2D eigenvalue weighted by Gasteiger charge is -2.17. The van der Waals surface area contributed by atoms with Crippen LogP contribution in [0, 0.1) is 12.8 Å². The number of carbonyl (C=O) groups is 1. The Kier molecular flexibility index (Phi) is 6.16. The van der Waals surface area contributed by atoms with Gasteiger partial charge in [0, 0.05) is 51.1 Å². The summed E-state index contributed by atoms with van der Waals surface area (Å²) in [7, 11) is 0. The van der Waals surface area contributed by atoms with Crippen LogP contribution in [0.3, 0.4) is 0 Å². The number of β-amino-alcohol motifs (C(OH)–C–C–N with tert-alkyl or cyclic N) is 1. The number of carbonyl (C=O) groups excluding carboxylic acids is 1. The normalized spacial score (nSPS) is 22.3. The average molecular weight is 399 g/mol. The summed E-state index contributed by atoms with van der Waals surface area (Å²) in [5.41, 5.74) is 2.03. The van der Waals surface area contributed by atoms with Gasteiger partial charge in [-0.05, 0) is 37.5 Å². The van der Waals surface area contributed by atoms with E-state index < -0.39 is 0 Å². The first kappa shape index (κ1) is 19.9. The monoisotopic (exact) mass is 399 g/mol. The van der Waals surface area contributed by atoms with E-state index in [0.717, 1.165) is 56.0 Å². The Morgan fingerprint density at radius 2 is 2.00 bits per heavy atom. The highest BCUT2D eigenvalue weighted by Gasteiger charge is 2.32. The summed E-state index contributed by atoms with van der Waals surface area (Å²) in [5, 5.41) is 14.3. The summed E-state index contributed by atoms with van der Waals surface area (Å²) in [5.74, 6) is 1.76. The van der Waals surface area contributed by atoms with Crippen molar-refractivity contribution in [3.05, 3.63) is 47.3 Å². The molecule has 2 aliphatic heterocycles. The van der Waals surface area contributed by atoms with Gasteiger partial charge in [-0.25, -0.2) is 0 Å². The van der Waals surface area contributed by atoms with Crippen LogP contribution in [0.5, 0.6) is 5.75 Å². The van der Waals surface area contributed by atoms with Crippen molar-refractivity contribution in [1.29, 1.82) is 0 Å². The lowest BCUT2D eigenvalue weighted by Crippen LogP contribution is -2.32. The van der Waals surface area contributed by atoms with Gasteiger partial charge in [-0.15, -0.1) is 0 Å². The highest BCUT2D eigenvalue weighted by Crippen LogP contribution is 2.24. The van der Waals surface area contributed by atoms with Gasteiger partial charge in [0.05, 0.1) is 11.8 Å². The molecule has 1 aromatic carbocycles. The number of nitrogens with zero attached hydrogens (tertiary/aromatic N) is 3. The van der Waals surface area contributed by atoms with Crippen LogP contribution in [0.4, 0.5) is 0 Å². The summed E-state index contributed by atoms with van der Waals surface area (Å²) < 4.78 is 10.9.